The van der Waals surface area contributed by atoms with Gasteiger partial charge in [0, 0.05) is 24.8 Å². The van der Waals surface area contributed by atoms with Crippen molar-refractivity contribution in [1.29, 1.82) is 0 Å². The van der Waals surface area contributed by atoms with Crippen LogP contribution in [0.25, 0.3) is 0 Å². The van der Waals surface area contributed by atoms with E-state index < -0.39 is 0 Å². The average molecular weight is 275 g/mol. The number of aryl methyl sites for hydroxylation is 1. The molecular weight excluding hydrogens is 250 g/mol. The largest absolute Gasteiger partial charge is 0.387 e. The quantitative estimate of drug-likeness (QED) is 0.891. The van der Waals surface area contributed by atoms with E-state index in [1.807, 2.05) is 32.2 Å². The molecule has 1 aliphatic rings. The fourth-order valence-corrected chi connectivity index (χ4v) is 2.88. The molecule has 2 atom stereocenters. The van der Waals surface area contributed by atoms with Gasteiger partial charge in [-0.3, -0.25) is 10.2 Å². The van der Waals surface area contributed by atoms with Crippen LogP contribution in [0.15, 0.2) is 18.2 Å². The molecule has 0 spiro atoms. The zero-order valence-electron chi connectivity index (χ0n) is 12.9. The molecule has 110 valence electrons. The second-order valence-corrected chi connectivity index (χ2v) is 5.78. The van der Waals surface area contributed by atoms with E-state index in [0.29, 0.717) is 17.6 Å². The van der Waals surface area contributed by atoms with Gasteiger partial charge in [0.1, 0.15) is 0 Å². The lowest BCUT2D eigenvalue weighted by molar-refractivity contribution is 0.0370. The number of carbonyl (C=O) groups excluding carboxylic acids is 1. The number of anilines is 1. The lowest BCUT2D eigenvalue weighted by atomic mass is 10.00. The van der Waals surface area contributed by atoms with Crippen molar-refractivity contribution in [1.82, 2.24) is 10.4 Å². The van der Waals surface area contributed by atoms with Gasteiger partial charge in [0.15, 0.2) is 0 Å². The van der Waals surface area contributed by atoms with Crippen molar-refractivity contribution in [3.8, 4) is 0 Å². The predicted octanol–water partition coefficient (Wildman–Crippen LogP) is 2.94. The molecule has 2 N–H and O–H groups in total. The van der Waals surface area contributed by atoms with Gasteiger partial charge in [-0.2, -0.15) is 0 Å². The minimum absolute atomic E-state index is 0.0325. The maximum atomic E-state index is 12.5. The molecule has 2 rings (SSSR count). The smallest absolute Gasteiger partial charge is 0.267 e. The first-order chi connectivity index (χ1) is 9.52. The van der Waals surface area contributed by atoms with Gasteiger partial charge in [0.2, 0.25) is 0 Å². The van der Waals surface area contributed by atoms with Crippen LogP contribution in [0.2, 0.25) is 0 Å². The van der Waals surface area contributed by atoms with Crippen LogP contribution < -0.4 is 10.7 Å². The van der Waals surface area contributed by atoms with Crippen LogP contribution >= 0.6 is 0 Å². The van der Waals surface area contributed by atoms with Gasteiger partial charge in [-0.1, -0.05) is 12.5 Å². The molecule has 20 heavy (non-hydrogen) atoms. The normalized spacial score (nSPS) is 23.4. The Morgan fingerprint density at radius 3 is 2.50 bits per heavy atom. The van der Waals surface area contributed by atoms with Crippen LogP contribution in [-0.2, 0) is 0 Å². The highest BCUT2D eigenvalue weighted by Crippen LogP contribution is 2.22. The van der Waals surface area contributed by atoms with Crippen LogP contribution in [0.4, 0.5) is 5.69 Å². The SMILES string of the molecule is CNc1cc(C)ccc1C(=O)NN1C(C)CCCC1C. The molecule has 4 heteroatoms. The van der Waals surface area contributed by atoms with Gasteiger partial charge in [-0.25, -0.2) is 5.01 Å². The molecule has 1 amide bonds. The Bertz CT molecular complexity index is 477. The molecule has 1 fully saturated rings. The second kappa shape index (κ2) is 6.27. The van der Waals surface area contributed by atoms with Crippen LogP contribution in [-0.4, -0.2) is 30.0 Å². The van der Waals surface area contributed by atoms with Crippen LogP contribution in [0.1, 0.15) is 49.0 Å². The summed E-state index contributed by atoms with van der Waals surface area (Å²) in [5.41, 5.74) is 5.80. The zero-order chi connectivity index (χ0) is 14.7. The van der Waals surface area contributed by atoms with Crippen LogP contribution in [0, 0.1) is 6.92 Å². The Morgan fingerprint density at radius 1 is 1.25 bits per heavy atom. The Hall–Kier alpha value is -1.55. The first-order valence-electron chi connectivity index (χ1n) is 7.40. The molecule has 0 radical (unpaired) electrons. The van der Waals surface area contributed by atoms with Crippen LogP contribution in [0.3, 0.4) is 0 Å². The fraction of sp³-hybridized carbons (Fsp3) is 0.562. The van der Waals surface area contributed by atoms with Crippen molar-refractivity contribution in [2.45, 2.75) is 52.1 Å². The molecule has 1 aromatic carbocycles. The van der Waals surface area contributed by atoms with Crippen molar-refractivity contribution < 1.29 is 4.79 Å². The van der Waals surface area contributed by atoms with E-state index >= 15 is 0 Å². The van der Waals surface area contributed by atoms with Crippen LogP contribution in [0.5, 0.6) is 0 Å². The molecule has 2 unspecified atom stereocenters. The van der Waals surface area contributed by atoms with Crippen molar-refractivity contribution in [2.24, 2.45) is 0 Å². The molecule has 1 saturated heterocycles. The summed E-state index contributed by atoms with van der Waals surface area (Å²) in [5, 5.41) is 5.20. The molecular formula is C16H25N3O. The second-order valence-electron chi connectivity index (χ2n) is 5.78. The third-order valence-corrected chi connectivity index (χ3v) is 4.11. The number of hydrogen-bond donors (Lipinski definition) is 2. The zero-order valence-corrected chi connectivity index (χ0v) is 12.9. The predicted molar refractivity (Wildman–Crippen MR) is 82.8 cm³/mol. The molecule has 1 heterocycles. The summed E-state index contributed by atoms with van der Waals surface area (Å²) in [4.78, 5) is 12.5. The number of nitrogens with zero attached hydrogens (tertiary/aromatic N) is 1. The fourth-order valence-electron chi connectivity index (χ4n) is 2.88. The Labute approximate surface area is 121 Å². The van der Waals surface area contributed by atoms with E-state index in [-0.39, 0.29) is 5.91 Å². The van der Waals surface area contributed by atoms with Gasteiger partial charge >= 0.3 is 0 Å². The first-order valence-corrected chi connectivity index (χ1v) is 7.40. The van der Waals surface area contributed by atoms with Gasteiger partial charge in [0.05, 0.1) is 5.56 Å². The molecule has 1 aromatic rings. The number of nitrogens with one attached hydrogen (secondary N) is 2. The van der Waals surface area contributed by atoms with E-state index in [0.717, 1.165) is 24.1 Å². The highest BCUT2D eigenvalue weighted by Gasteiger charge is 2.26. The minimum atomic E-state index is -0.0325. The molecule has 0 aromatic heterocycles. The first kappa shape index (κ1) is 14.9. The van der Waals surface area contributed by atoms with E-state index in [1.165, 1.54) is 6.42 Å². The lowest BCUT2D eigenvalue weighted by Crippen LogP contribution is -2.54. The molecule has 4 nitrogen and oxygen atoms in total. The molecule has 0 bridgehead atoms. The number of rotatable bonds is 3. The van der Waals surface area contributed by atoms with Gasteiger partial charge in [-0.05, 0) is 51.3 Å². The van der Waals surface area contributed by atoms with E-state index in [4.69, 9.17) is 0 Å². The van der Waals surface area contributed by atoms with E-state index in [1.54, 1.807) is 0 Å². The lowest BCUT2D eigenvalue weighted by Gasteiger charge is -2.38. The maximum absolute atomic E-state index is 12.5. The minimum Gasteiger partial charge on any atom is -0.387 e. The van der Waals surface area contributed by atoms with E-state index in [9.17, 15) is 4.79 Å². The Balaban J connectivity index is 2.15. The van der Waals surface area contributed by atoms with E-state index in [2.05, 4.69) is 29.6 Å². The summed E-state index contributed by atoms with van der Waals surface area (Å²) in [7, 11) is 1.84. The van der Waals surface area contributed by atoms with Gasteiger partial charge < -0.3 is 5.32 Å². The number of amides is 1. The van der Waals surface area contributed by atoms with Crippen molar-refractivity contribution in [3.05, 3.63) is 29.3 Å². The standard InChI is InChI=1S/C16H25N3O/c1-11-8-9-14(15(10-11)17-4)16(20)18-19-12(2)6-5-7-13(19)3/h8-10,12-13,17H,5-7H2,1-4H3,(H,18,20). The Morgan fingerprint density at radius 2 is 1.90 bits per heavy atom. The molecule has 0 saturated carbocycles. The number of hydrogen-bond acceptors (Lipinski definition) is 3. The van der Waals surface area contributed by atoms with Crippen molar-refractivity contribution in [2.75, 3.05) is 12.4 Å². The third-order valence-electron chi connectivity index (χ3n) is 4.11. The summed E-state index contributed by atoms with van der Waals surface area (Å²) in [5.74, 6) is -0.0325. The number of hydrazine groups is 1. The summed E-state index contributed by atoms with van der Waals surface area (Å²) < 4.78 is 0. The monoisotopic (exact) mass is 275 g/mol. The number of benzene rings is 1. The summed E-state index contributed by atoms with van der Waals surface area (Å²) in [6, 6.07) is 6.64. The van der Waals surface area contributed by atoms with Gasteiger partial charge in [-0.15, -0.1) is 0 Å². The number of carbonyl (C=O) groups is 1. The average Bonchev–Trinajstić information content (AvgIpc) is 2.42. The summed E-state index contributed by atoms with van der Waals surface area (Å²) in [6.45, 7) is 6.37. The highest BCUT2D eigenvalue weighted by molar-refractivity contribution is 5.99. The van der Waals surface area contributed by atoms with Crippen molar-refractivity contribution >= 4 is 11.6 Å². The maximum Gasteiger partial charge on any atom is 0.267 e. The van der Waals surface area contributed by atoms with Gasteiger partial charge in [0.25, 0.3) is 5.91 Å². The highest BCUT2D eigenvalue weighted by atomic mass is 16.2. The van der Waals surface area contributed by atoms with Crippen molar-refractivity contribution in [3.63, 3.8) is 0 Å². The molecule has 0 aliphatic carbocycles. The topological polar surface area (TPSA) is 44.4 Å². The third kappa shape index (κ3) is 3.12. The Kier molecular flexibility index (Phi) is 4.65. The number of piperidine rings is 1. The summed E-state index contributed by atoms with van der Waals surface area (Å²) in [6.07, 6.45) is 3.51. The summed E-state index contributed by atoms with van der Waals surface area (Å²) >= 11 is 0. The molecule has 1 aliphatic heterocycles.